The Balaban J connectivity index is 0.000001000. The van der Waals surface area contributed by atoms with E-state index in [9.17, 15) is 9.90 Å². The summed E-state index contributed by atoms with van der Waals surface area (Å²) in [5, 5.41) is 10.2. The van der Waals surface area contributed by atoms with Crippen LogP contribution in [0.25, 0.3) is 0 Å². The molecule has 11 heavy (non-hydrogen) atoms. The number of hydrogen-bond donors (Lipinski definition) is 0. The molecule has 0 saturated carbocycles. The summed E-state index contributed by atoms with van der Waals surface area (Å²) in [7, 11) is 0. The monoisotopic (exact) mass is 159 g/mol. The van der Waals surface area contributed by atoms with Crippen molar-refractivity contribution in [1.29, 1.82) is 0 Å². The zero-order chi connectivity index (χ0) is 7.56. The first-order valence-corrected chi connectivity index (χ1v) is 2.84. The van der Waals surface area contributed by atoms with E-state index in [0.29, 0.717) is 0 Å². The molecule has 1 aromatic rings. The third-order valence-electron chi connectivity index (χ3n) is 1.15. The first-order valence-electron chi connectivity index (χ1n) is 2.84. The van der Waals surface area contributed by atoms with Crippen molar-refractivity contribution in [1.82, 2.24) is 4.98 Å². The van der Waals surface area contributed by atoms with Gasteiger partial charge in [0.05, 0.1) is 5.97 Å². The van der Waals surface area contributed by atoms with Gasteiger partial charge in [-0.25, -0.2) is 0 Å². The second kappa shape index (κ2) is 4.49. The summed E-state index contributed by atoms with van der Waals surface area (Å²) in [5.41, 5.74) is 0.913. The van der Waals surface area contributed by atoms with Crippen LogP contribution in [0.4, 0.5) is 0 Å². The SMILES string of the molecule is Cc1ccc(C(=O)[O-])cn1.[Na+]. The number of aromatic nitrogens is 1. The largest absolute Gasteiger partial charge is 1.00 e. The van der Waals surface area contributed by atoms with Crippen molar-refractivity contribution in [3.8, 4) is 0 Å². The smallest absolute Gasteiger partial charge is 0.545 e. The van der Waals surface area contributed by atoms with Gasteiger partial charge in [0.15, 0.2) is 0 Å². The summed E-state index contributed by atoms with van der Waals surface area (Å²) in [4.78, 5) is 13.9. The quantitative estimate of drug-likeness (QED) is 0.404. The Morgan fingerprint density at radius 1 is 1.55 bits per heavy atom. The predicted octanol–water partition coefficient (Wildman–Crippen LogP) is -3.24. The molecule has 0 N–H and O–H groups in total. The minimum atomic E-state index is -1.19. The van der Waals surface area contributed by atoms with Crippen molar-refractivity contribution in [2.24, 2.45) is 0 Å². The fourth-order valence-electron chi connectivity index (χ4n) is 0.589. The van der Waals surface area contributed by atoms with E-state index < -0.39 is 5.97 Å². The molecular formula is C7H6NNaO2. The molecule has 0 fully saturated rings. The fraction of sp³-hybridized carbons (Fsp3) is 0.143. The Hall–Kier alpha value is -0.380. The van der Waals surface area contributed by atoms with Crippen LogP contribution < -0.4 is 34.7 Å². The van der Waals surface area contributed by atoms with Crippen LogP contribution in [0.15, 0.2) is 18.3 Å². The van der Waals surface area contributed by atoms with E-state index >= 15 is 0 Å². The van der Waals surface area contributed by atoms with E-state index in [-0.39, 0.29) is 35.1 Å². The van der Waals surface area contributed by atoms with Crippen LogP contribution in [0, 0.1) is 6.92 Å². The molecule has 0 aliphatic rings. The Kier molecular flexibility index (Phi) is 4.33. The normalized spacial score (nSPS) is 8.45. The molecule has 4 heteroatoms. The van der Waals surface area contributed by atoms with Crippen LogP contribution in [0.5, 0.6) is 0 Å². The molecule has 1 aromatic heterocycles. The Morgan fingerprint density at radius 2 is 2.18 bits per heavy atom. The first-order chi connectivity index (χ1) is 4.70. The number of aryl methyl sites for hydroxylation is 1. The van der Waals surface area contributed by atoms with Crippen molar-refractivity contribution in [3.05, 3.63) is 29.6 Å². The fourth-order valence-corrected chi connectivity index (χ4v) is 0.589. The van der Waals surface area contributed by atoms with Gasteiger partial charge in [-0.3, -0.25) is 4.98 Å². The van der Waals surface area contributed by atoms with Gasteiger partial charge in [-0.15, -0.1) is 0 Å². The van der Waals surface area contributed by atoms with Gasteiger partial charge in [-0.1, -0.05) is 0 Å². The van der Waals surface area contributed by atoms with E-state index in [2.05, 4.69) is 4.98 Å². The van der Waals surface area contributed by atoms with Gasteiger partial charge in [0.25, 0.3) is 0 Å². The second-order valence-corrected chi connectivity index (χ2v) is 1.98. The number of rotatable bonds is 1. The van der Waals surface area contributed by atoms with Gasteiger partial charge < -0.3 is 9.90 Å². The molecule has 0 aliphatic carbocycles. The molecule has 0 unspecified atom stereocenters. The van der Waals surface area contributed by atoms with Crippen molar-refractivity contribution in [2.45, 2.75) is 6.92 Å². The van der Waals surface area contributed by atoms with Crippen LogP contribution in [-0.2, 0) is 0 Å². The third-order valence-corrected chi connectivity index (χ3v) is 1.15. The maximum absolute atomic E-state index is 10.2. The predicted molar refractivity (Wildman–Crippen MR) is 33.3 cm³/mol. The molecule has 0 aromatic carbocycles. The van der Waals surface area contributed by atoms with Crippen LogP contribution in [0.3, 0.4) is 0 Å². The average Bonchev–Trinajstić information content (AvgIpc) is 1.88. The van der Waals surface area contributed by atoms with Gasteiger partial charge in [-0.05, 0) is 19.1 Å². The van der Waals surface area contributed by atoms with Crippen molar-refractivity contribution < 1.29 is 39.5 Å². The van der Waals surface area contributed by atoms with Crippen molar-refractivity contribution in [2.75, 3.05) is 0 Å². The summed E-state index contributed by atoms with van der Waals surface area (Å²) in [6.07, 6.45) is 1.28. The van der Waals surface area contributed by atoms with Crippen LogP contribution in [0.1, 0.15) is 16.1 Å². The molecule has 0 aliphatic heterocycles. The van der Waals surface area contributed by atoms with E-state index in [1.165, 1.54) is 12.3 Å². The minimum absolute atomic E-state index is 0. The molecule has 0 radical (unpaired) electrons. The van der Waals surface area contributed by atoms with Crippen molar-refractivity contribution >= 4 is 5.97 Å². The number of pyridine rings is 1. The average molecular weight is 159 g/mol. The summed E-state index contributed by atoms with van der Waals surface area (Å²) < 4.78 is 0. The number of hydrogen-bond acceptors (Lipinski definition) is 3. The molecular weight excluding hydrogens is 153 g/mol. The molecule has 0 atom stereocenters. The number of nitrogens with zero attached hydrogens (tertiary/aromatic N) is 1. The van der Waals surface area contributed by atoms with E-state index in [4.69, 9.17) is 0 Å². The van der Waals surface area contributed by atoms with E-state index in [1.54, 1.807) is 13.0 Å². The number of carbonyl (C=O) groups is 1. The molecule has 0 amide bonds. The van der Waals surface area contributed by atoms with Crippen LogP contribution in [-0.4, -0.2) is 11.0 Å². The number of carboxylic acids is 1. The van der Waals surface area contributed by atoms with Crippen LogP contribution >= 0.6 is 0 Å². The van der Waals surface area contributed by atoms with E-state index in [1.807, 2.05) is 0 Å². The molecule has 0 bridgehead atoms. The van der Waals surface area contributed by atoms with E-state index in [0.717, 1.165) is 5.69 Å². The van der Waals surface area contributed by atoms with Gasteiger partial charge in [0.1, 0.15) is 0 Å². The second-order valence-electron chi connectivity index (χ2n) is 1.98. The number of carboxylic acid groups (broad SMARTS) is 1. The van der Waals surface area contributed by atoms with Crippen molar-refractivity contribution in [3.63, 3.8) is 0 Å². The van der Waals surface area contributed by atoms with Gasteiger partial charge >= 0.3 is 29.6 Å². The molecule has 52 valence electrons. The summed E-state index contributed by atoms with van der Waals surface area (Å²) in [5.74, 6) is -1.19. The minimum Gasteiger partial charge on any atom is -0.545 e. The maximum atomic E-state index is 10.2. The topological polar surface area (TPSA) is 53.0 Å². The number of carbonyl (C=O) groups excluding carboxylic acids is 1. The summed E-state index contributed by atoms with van der Waals surface area (Å²) in [6.45, 7) is 1.79. The molecule has 1 heterocycles. The Bertz CT molecular complexity index is 245. The first kappa shape index (κ1) is 10.6. The van der Waals surface area contributed by atoms with Gasteiger partial charge in [-0.2, -0.15) is 0 Å². The maximum Gasteiger partial charge on any atom is 1.00 e. The van der Waals surface area contributed by atoms with Gasteiger partial charge in [0, 0.05) is 17.5 Å². The molecule has 0 spiro atoms. The Morgan fingerprint density at radius 3 is 2.55 bits per heavy atom. The van der Waals surface area contributed by atoms with Gasteiger partial charge in [0.2, 0.25) is 0 Å². The summed E-state index contributed by atoms with van der Waals surface area (Å²) in [6, 6.07) is 3.10. The molecule has 1 rings (SSSR count). The van der Waals surface area contributed by atoms with Crippen LogP contribution in [0.2, 0.25) is 0 Å². The zero-order valence-electron chi connectivity index (χ0n) is 6.50. The molecule has 3 nitrogen and oxygen atoms in total. The summed E-state index contributed by atoms with van der Waals surface area (Å²) >= 11 is 0. The standard InChI is InChI=1S/C7H7NO2.Na/c1-5-2-3-6(4-8-5)7(9)10;/h2-4H,1H3,(H,9,10);/q;+1/p-1. The Labute approximate surface area is 86.8 Å². The number of aromatic carboxylic acids is 1. The third kappa shape index (κ3) is 3.01. The molecule has 0 saturated heterocycles. The zero-order valence-corrected chi connectivity index (χ0v) is 8.50.